The molecule has 0 amide bonds. The van der Waals surface area contributed by atoms with Crippen LogP contribution < -0.4 is 14.8 Å². The average Bonchev–Trinajstić information content (AvgIpc) is 3.24. The molecule has 3 aromatic carbocycles. The first-order valence-electron chi connectivity index (χ1n) is 11.0. The average molecular weight is 479 g/mol. The standard InChI is InChI=1S/C27H27ClN2O4/c1-17-7-9-18(10-8-17)16-34-26-22(28)11-19(12-25(26)33-2)14-29-24(27(31)32)13-20-15-30-23-6-4-3-5-21(20)23/h3-12,15,24,29-30H,13-14,16H2,1-2H3,(H,31,32)/t24-/m1/s1. The maximum absolute atomic E-state index is 11.9. The molecule has 0 bridgehead atoms. The number of nitrogens with one attached hydrogen (secondary N) is 2. The predicted molar refractivity (Wildman–Crippen MR) is 134 cm³/mol. The Morgan fingerprint density at radius 1 is 1.12 bits per heavy atom. The fraction of sp³-hybridized carbons (Fsp3) is 0.222. The third-order valence-corrected chi connectivity index (χ3v) is 6.02. The lowest BCUT2D eigenvalue weighted by atomic mass is 10.0. The molecule has 34 heavy (non-hydrogen) atoms. The van der Waals surface area contributed by atoms with Crippen molar-refractivity contribution in [2.45, 2.75) is 32.5 Å². The van der Waals surface area contributed by atoms with Gasteiger partial charge < -0.3 is 24.9 Å². The first-order chi connectivity index (χ1) is 16.4. The van der Waals surface area contributed by atoms with Crippen LogP contribution in [0, 0.1) is 6.92 Å². The van der Waals surface area contributed by atoms with Crippen molar-refractivity contribution in [2.75, 3.05) is 7.11 Å². The maximum atomic E-state index is 11.9. The summed E-state index contributed by atoms with van der Waals surface area (Å²) < 4.78 is 11.4. The van der Waals surface area contributed by atoms with E-state index in [0.29, 0.717) is 36.1 Å². The molecule has 1 aromatic heterocycles. The van der Waals surface area contributed by atoms with Crippen LogP contribution >= 0.6 is 11.6 Å². The van der Waals surface area contributed by atoms with Gasteiger partial charge in [-0.2, -0.15) is 0 Å². The molecule has 176 valence electrons. The zero-order chi connectivity index (χ0) is 24.1. The van der Waals surface area contributed by atoms with Crippen LogP contribution in [0.3, 0.4) is 0 Å². The number of hydrogen-bond donors (Lipinski definition) is 3. The zero-order valence-electron chi connectivity index (χ0n) is 19.1. The van der Waals surface area contributed by atoms with Gasteiger partial charge in [0.15, 0.2) is 11.5 Å². The van der Waals surface area contributed by atoms with Crippen molar-refractivity contribution in [3.05, 3.63) is 94.1 Å². The van der Waals surface area contributed by atoms with E-state index in [0.717, 1.165) is 27.6 Å². The number of carboxylic acids is 1. The highest BCUT2D eigenvalue weighted by molar-refractivity contribution is 6.32. The van der Waals surface area contributed by atoms with Crippen LogP contribution in [0.1, 0.15) is 22.3 Å². The highest BCUT2D eigenvalue weighted by atomic mass is 35.5. The Balaban J connectivity index is 1.45. The van der Waals surface area contributed by atoms with Crippen molar-refractivity contribution in [1.82, 2.24) is 10.3 Å². The number of aliphatic carboxylic acids is 1. The zero-order valence-corrected chi connectivity index (χ0v) is 19.9. The minimum Gasteiger partial charge on any atom is -0.493 e. The largest absolute Gasteiger partial charge is 0.493 e. The fourth-order valence-electron chi connectivity index (χ4n) is 3.86. The fourth-order valence-corrected chi connectivity index (χ4v) is 4.15. The second-order valence-corrected chi connectivity index (χ2v) is 8.63. The predicted octanol–water partition coefficient (Wildman–Crippen LogP) is 5.50. The molecular weight excluding hydrogens is 452 g/mol. The van der Waals surface area contributed by atoms with Gasteiger partial charge in [-0.05, 0) is 41.8 Å². The number of H-pyrrole nitrogens is 1. The summed E-state index contributed by atoms with van der Waals surface area (Å²) in [5, 5.41) is 14.3. The van der Waals surface area contributed by atoms with Gasteiger partial charge in [-0.25, -0.2) is 0 Å². The molecule has 0 spiro atoms. The molecule has 0 unspecified atom stereocenters. The molecule has 0 fully saturated rings. The van der Waals surface area contributed by atoms with Crippen LogP contribution in [0.5, 0.6) is 11.5 Å². The van der Waals surface area contributed by atoms with Crippen molar-refractivity contribution in [2.24, 2.45) is 0 Å². The van der Waals surface area contributed by atoms with Crippen molar-refractivity contribution < 1.29 is 19.4 Å². The number of methoxy groups -OCH3 is 1. The summed E-state index contributed by atoms with van der Waals surface area (Å²) in [6.45, 7) is 2.71. The van der Waals surface area contributed by atoms with Crippen LogP contribution in [-0.4, -0.2) is 29.2 Å². The molecule has 0 aliphatic heterocycles. The summed E-state index contributed by atoms with van der Waals surface area (Å²) >= 11 is 6.51. The van der Waals surface area contributed by atoms with Gasteiger partial charge in [0.2, 0.25) is 0 Å². The number of halogens is 1. The summed E-state index contributed by atoms with van der Waals surface area (Å²) in [5.74, 6) is 0.0448. The number of ether oxygens (including phenoxy) is 2. The Labute approximate surface area is 203 Å². The van der Waals surface area contributed by atoms with Crippen LogP contribution in [0.2, 0.25) is 5.02 Å². The molecule has 4 rings (SSSR count). The molecule has 0 saturated carbocycles. The van der Waals surface area contributed by atoms with Crippen LogP contribution in [-0.2, 0) is 24.4 Å². The second-order valence-electron chi connectivity index (χ2n) is 8.22. The Hall–Kier alpha value is -3.48. The van der Waals surface area contributed by atoms with E-state index in [1.54, 1.807) is 13.2 Å². The van der Waals surface area contributed by atoms with Crippen molar-refractivity contribution in [1.29, 1.82) is 0 Å². The molecule has 3 N–H and O–H groups in total. The number of rotatable bonds is 10. The number of hydrogen-bond acceptors (Lipinski definition) is 4. The van der Waals surface area contributed by atoms with Crippen LogP contribution in [0.25, 0.3) is 10.9 Å². The lowest BCUT2D eigenvalue weighted by Crippen LogP contribution is -2.38. The Morgan fingerprint density at radius 2 is 1.88 bits per heavy atom. The lowest BCUT2D eigenvalue weighted by Gasteiger charge is -2.17. The van der Waals surface area contributed by atoms with E-state index >= 15 is 0 Å². The summed E-state index contributed by atoms with van der Waals surface area (Å²) in [7, 11) is 1.55. The minimum atomic E-state index is -0.915. The van der Waals surface area contributed by atoms with Gasteiger partial charge in [0.1, 0.15) is 12.6 Å². The first kappa shape index (κ1) is 23.7. The summed E-state index contributed by atoms with van der Waals surface area (Å²) in [6, 6.07) is 18.7. The number of carboxylic acid groups (broad SMARTS) is 1. The quantitative estimate of drug-likeness (QED) is 0.280. The van der Waals surface area contributed by atoms with Crippen molar-refractivity contribution in [3.8, 4) is 11.5 Å². The number of aryl methyl sites for hydroxylation is 1. The Bertz CT molecular complexity index is 1280. The lowest BCUT2D eigenvalue weighted by molar-refractivity contribution is -0.139. The molecular formula is C27H27ClN2O4. The number of fused-ring (bicyclic) bond motifs is 1. The van der Waals surface area contributed by atoms with E-state index in [2.05, 4.69) is 10.3 Å². The molecule has 0 saturated heterocycles. The van der Waals surface area contributed by atoms with Gasteiger partial charge in [-0.15, -0.1) is 0 Å². The van der Waals surface area contributed by atoms with E-state index in [1.165, 1.54) is 5.56 Å². The van der Waals surface area contributed by atoms with Crippen molar-refractivity contribution >= 4 is 28.5 Å². The summed E-state index contributed by atoms with van der Waals surface area (Å²) in [5.41, 5.74) is 4.94. The first-order valence-corrected chi connectivity index (χ1v) is 11.4. The maximum Gasteiger partial charge on any atom is 0.321 e. The number of aromatic nitrogens is 1. The highest BCUT2D eigenvalue weighted by Crippen LogP contribution is 2.37. The molecule has 0 radical (unpaired) electrons. The molecule has 0 aliphatic carbocycles. The topological polar surface area (TPSA) is 83.6 Å². The van der Waals surface area contributed by atoms with E-state index in [-0.39, 0.29) is 0 Å². The van der Waals surface area contributed by atoms with Gasteiger partial charge in [-0.3, -0.25) is 4.79 Å². The third-order valence-electron chi connectivity index (χ3n) is 5.74. The normalized spacial score (nSPS) is 12.0. The molecule has 1 atom stereocenters. The highest BCUT2D eigenvalue weighted by Gasteiger charge is 2.20. The van der Waals surface area contributed by atoms with Crippen LogP contribution in [0.15, 0.2) is 66.9 Å². The Morgan fingerprint density at radius 3 is 2.62 bits per heavy atom. The number of benzene rings is 3. The van der Waals surface area contributed by atoms with Crippen molar-refractivity contribution in [3.63, 3.8) is 0 Å². The molecule has 4 aromatic rings. The van der Waals surface area contributed by atoms with Gasteiger partial charge in [0.25, 0.3) is 0 Å². The smallest absolute Gasteiger partial charge is 0.321 e. The van der Waals surface area contributed by atoms with Crippen LogP contribution in [0.4, 0.5) is 0 Å². The second kappa shape index (κ2) is 10.6. The van der Waals surface area contributed by atoms with Gasteiger partial charge in [0, 0.05) is 30.1 Å². The number of carbonyl (C=O) groups is 1. The summed E-state index contributed by atoms with van der Waals surface area (Å²) in [4.78, 5) is 15.1. The van der Waals surface area contributed by atoms with E-state index in [9.17, 15) is 9.90 Å². The molecule has 0 aliphatic rings. The van der Waals surface area contributed by atoms with E-state index in [1.807, 2.05) is 67.7 Å². The van der Waals surface area contributed by atoms with Gasteiger partial charge >= 0.3 is 5.97 Å². The molecule has 7 heteroatoms. The third kappa shape index (κ3) is 5.53. The Kier molecular flexibility index (Phi) is 7.40. The van der Waals surface area contributed by atoms with E-state index < -0.39 is 12.0 Å². The molecule has 1 heterocycles. The number of para-hydroxylation sites is 1. The monoisotopic (exact) mass is 478 g/mol. The number of aromatic amines is 1. The van der Waals surface area contributed by atoms with Gasteiger partial charge in [0.05, 0.1) is 12.1 Å². The van der Waals surface area contributed by atoms with E-state index in [4.69, 9.17) is 21.1 Å². The SMILES string of the molecule is COc1cc(CN[C@H](Cc2c[nH]c3ccccc23)C(=O)O)cc(Cl)c1OCc1ccc(C)cc1. The summed E-state index contributed by atoms with van der Waals surface area (Å²) in [6.07, 6.45) is 2.21. The molecule has 6 nitrogen and oxygen atoms in total. The minimum absolute atomic E-state index is 0.313. The van der Waals surface area contributed by atoms with Gasteiger partial charge in [-0.1, -0.05) is 59.6 Å².